The second kappa shape index (κ2) is 9.17. The fraction of sp³-hybridized carbons (Fsp3) is 0.556. The van der Waals surface area contributed by atoms with Gasteiger partial charge in [0.1, 0.15) is 6.04 Å². The summed E-state index contributed by atoms with van der Waals surface area (Å²) < 4.78 is 15.6. The zero-order valence-electron chi connectivity index (χ0n) is 15.2. The van der Waals surface area contributed by atoms with Gasteiger partial charge in [0.15, 0.2) is 11.4 Å². The molecule has 2 heterocycles. The molecule has 1 fully saturated rings. The third-order valence-electron chi connectivity index (χ3n) is 4.06. The average Bonchev–Trinajstić information content (AvgIpc) is 2.66. The zero-order valence-corrected chi connectivity index (χ0v) is 15.2. The Bertz CT molecular complexity index is 676. The number of rotatable bonds is 4. The van der Waals surface area contributed by atoms with Crippen LogP contribution in [0, 0.1) is 0 Å². The van der Waals surface area contributed by atoms with Gasteiger partial charge in [-0.25, -0.2) is 9.78 Å². The van der Waals surface area contributed by atoms with E-state index in [1.54, 1.807) is 0 Å². The lowest BCUT2D eigenvalue weighted by Gasteiger charge is -2.19. The maximum absolute atomic E-state index is 12.7. The second-order valence-electron chi connectivity index (χ2n) is 6.20. The first-order valence-electron chi connectivity index (χ1n) is 8.65. The molecule has 1 saturated heterocycles. The van der Waals surface area contributed by atoms with Crippen LogP contribution in [-0.2, 0) is 14.3 Å². The van der Waals surface area contributed by atoms with Crippen molar-refractivity contribution in [1.82, 2.24) is 10.3 Å². The highest BCUT2D eigenvalue weighted by molar-refractivity contribution is 5.98. The topological polar surface area (TPSA) is 104 Å². The highest BCUT2D eigenvalue weighted by atomic mass is 16.6. The van der Waals surface area contributed by atoms with Gasteiger partial charge in [-0.2, -0.15) is 0 Å². The molecule has 0 radical (unpaired) electrons. The lowest BCUT2D eigenvalue weighted by molar-refractivity contribution is -0.150. The third-order valence-corrected chi connectivity index (χ3v) is 4.06. The van der Waals surface area contributed by atoms with Crippen LogP contribution >= 0.6 is 0 Å². The van der Waals surface area contributed by atoms with Crippen molar-refractivity contribution in [2.75, 3.05) is 7.11 Å². The number of esters is 2. The van der Waals surface area contributed by atoms with Crippen molar-refractivity contribution in [2.45, 2.75) is 58.1 Å². The molecule has 1 aromatic heterocycles. The SMILES string of the molecule is COc1ccnc(C(=O)N[C@H]2CCCCC[C@H](C)OC2=O)c1OC(C)=O. The molecule has 142 valence electrons. The lowest BCUT2D eigenvalue weighted by atomic mass is 10.1. The molecule has 8 heteroatoms. The Balaban J connectivity index is 2.22. The van der Waals surface area contributed by atoms with Gasteiger partial charge in [-0.15, -0.1) is 0 Å². The van der Waals surface area contributed by atoms with Gasteiger partial charge in [-0.05, 0) is 26.2 Å². The molecular formula is C18H24N2O6. The van der Waals surface area contributed by atoms with Crippen molar-refractivity contribution in [3.05, 3.63) is 18.0 Å². The maximum atomic E-state index is 12.7. The summed E-state index contributed by atoms with van der Waals surface area (Å²) >= 11 is 0. The molecule has 1 N–H and O–H groups in total. The third kappa shape index (κ3) is 5.18. The van der Waals surface area contributed by atoms with Crippen LogP contribution in [0.3, 0.4) is 0 Å². The molecule has 1 aliphatic heterocycles. The van der Waals surface area contributed by atoms with Gasteiger partial charge in [0, 0.05) is 19.2 Å². The normalized spacial score (nSPS) is 20.8. The summed E-state index contributed by atoms with van der Waals surface area (Å²) in [6, 6.07) is 0.701. The van der Waals surface area contributed by atoms with Crippen molar-refractivity contribution in [1.29, 1.82) is 0 Å². The van der Waals surface area contributed by atoms with E-state index >= 15 is 0 Å². The Hall–Kier alpha value is -2.64. The van der Waals surface area contributed by atoms with Crippen LogP contribution in [0.4, 0.5) is 0 Å². The van der Waals surface area contributed by atoms with Gasteiger partial charge in [-0.1, -0.05) is 12.8 Å². The number of ether oxygens (including phenoxy) is 3. The number of nitrogens with one attached hydrogen (secondary N) is 1. The molecule has 1 amide bonds. The van der Waals surface area contributed by atoms with E-state index in [2.05, 4.69) is 10.3 Å². The van der Waals surface area contributed by atoms with Crippen molar-refractivity contribution >= 4 is 17.8 Å². The largest absolute Gasteiger partial charge is 0.493 e. The van der Waals surface area contributed by atoms with E-state index in [-0.39, 0.29) is 23.3 Å². The van der Waals surface area contributed by atoms with Crippen LogP contribution in [-0.4, -0.2) is 42.1 Å². The number of aromatic nitrogens is 1. The van der Waals surface area contributed by atoms with Gasteiger partial charge in [0.25, 0.3) is 5.91 Å². The molecule has 0 bridgehead atoms. The highest BCUT2D eigenvalue weighted by Crippen LogP contribution is 2.29. The first-order chi connectivity index (χ1) is 12.4. The molecule has 26 heavy (non-hydrogen) atoms. The highest BCUT2D eigenvalue weighted by Gasteiger charge is 2.28. The molecule has 0 aromatic carbocycles. The van der Waals surface area contributed by atoms with E-state index < -0.39 is 23.9 Å². The monoisotopic (exact) mass is 364 g/mol. The number of methoxy groups -OCH3 is 1. The minimum absolute atomic E-state index is 0.0789. The molecule has 1 aromatic rings. The minimum Gasteiger partial charge on any atom is -0.493 e. The summed E-state index contributed by atoms with van der Waals surface area (Å²) in [5.41, 5.74) is -0.125. The summed E-state index contributed by atoms with van der Waals surface area (Å²) in [4.78, 5) is 40.3. The fourth-order valence-electron chi connectivity index (χ4n) is 2.77. The summed E-state index contributed by atoms with van der Waals surface area (Å²) in [5.74, 6) is -1.59. The van der Waals surface area contributed by atoms with E-state index in [1.807, 2.05) is 6.92 Å². The smallest absolute Gasteiger partial charge is 0.328 e. The first-order valence-corrected chi connectivity index (χ1v) is 8.65. The Morgan fingerprint density at radius 3 is 2.69 bits per heavy atom. The van der Waals surface area contributed by atoms with Crippen LogP contribution in [0.5, 0.6) is 11.5 Å². The fourth-order valence-corrected chi connectivity index (χ4v) is 2.77. The quantitative estimate of drug-likeness (QED) is 0.815. The molecule has 2 atom stereocenters. The Kier molecular flexibility index (Phi) is 6.94. The number of amides is 1. The van der Waals surface area contributed by atoms with Gasteiger partial charge >= 0.3 is 11.9 Å². The molecule has 1 aliphatic rings. The van der Waals surface area contributed by atoms with E-state index in [4.69, 9.17) is 14.2 Å². The average molecular weight is 364 g/mol. The Morgan fingerprint density at radius 2 is 2.00 bits per heavy atom. The van der Waals surface area contributed by atoms with Crippen LogP contribution in [0.1, 0.15) is 56.4 Å². The number of carbonyl (C=O) groups excluding carboxylic acids is 3. The molecule has 0 unspecified atom stereocenters. The predicted molar refractivity (Wildman–Crippen MR) is 92.0 cm³/mol. The van der Waals surface area contributed by atoms with E-state index in [0.717, 1.165) is 25.7 Å². The van der Waals surface area contributed by atoms with Crippen molar-refractivity contribution < 1.29 is 28.6 Å². The van der Waals surface area contributed by atoms with Crippen LogP contribution in [0.25, 0.3) is 0 Å². The van der Waals surface area contributed by atoms with Gasteiger partial charge in [0.2, 0.25) is 5.75 Å². The standard InChI is InChI=1S/C18H24N2O6/c1-11-7-5-4-6-8-13(18(23)25-11)20-17(22)15-16(26-12(2)21)14(24-3)9-10-19-15/h9-11,13H,4-8H2,1-3H3,(H,20,22)/t11-,13-/m0/s1. The second-order valence-corrected chi connectivity index (χ2v) is 6.20. The molecule has 0 saturated carbocycles. The minimum atomic E-state index is -0.777. The van der Waals surface area contributed by atoms with Gasteiger partial charge in [0.05, 0.1) is 13.2 Å². The molecular weight excluding hydrogens is 340 g/mol. The van der Waals surface area contributed by atoms with E-state index in [9.17, 15) is 14.4 Å². The number of nitrogens with zero attached hydrogens (tertiary/aromatic N) is 1. The summed E-state index contributed by atoms with van der Waals surface area (Å²) in [6.07, 6.45) is 5.20. The summed E-state index contributed by atoms with van der Waals surface area (Å²) in [6.45, 7) is 3.05. The van der Waals surface area contributed by atoms with E-state index in [1.165, 1.54) is 26.3 Å². The van der Waals surface area contributed by atoms with Crippen LogP contribution in [0.15, 0.2) is 12.3 Å². The summed E-state index contributed by atoms with van der Waals surface area (Å²) in [5, 5.41) is 2.64. The predicted octanol–water partition coefficient (Wildman–Crippen LogP) is 2.01. The Labute approximate surface area is 152 Å². The van der Waals surface area contributed by atoms with Gasteiger partial charge < -0.3 is 19.5 Å². The van der Waals surface area contributed by atoms with Crippen molar-refractivity contribution in [2.24, 2.45) is 0 Å². The zero-order chi connectivity index (χ0) is 19.1. The van der Waals surface area contributed by atoms with Gasteiger partial charge in [-0.3, -0.25) is 9.59 Å². The van der Waals surface area contributed by atoms with E-state index in [0.29, 0.717) is 6.42 Å². The lowest BCUT2D eigenvalue weighted by Crippen LogP contribution is -2.43. The van der Waals surface area contributed by atoms with Crippen molar-refractivity contribution in [3.63, 3.8) is 0 Å². The molecule has 0 aliphatic carbocycles. The number of pyridine rings is 1. The maximum Gasteiger partial charge on any atom is 0.328 e. The molecule has 8 nitrogen and oxygen atoms in total. The Morgan fingerprint density at radius 1 is 1.27 bits per heavy atom. The van der Waals surface area contributed by atoms with Crippen LogP contribution in [0.2, 0.25) is 0 Å². The number of hydrogen-bond acceptors (Lipinski definition) is 7. The molecule has 0 spiro atoms. The van der Waals surface area contributed by atoms with Crippen molar-refractivity contribution in [3.8, 4) is 11.5 Å². The number of carbonyl (C=O) groups is 3. The molecule has 2 rings (SSSR count). The first kappa shape index (κ1) is 19.7. The number of cyclic esters (lactones) is 1. The van der Waals surface area contributed by atoms with Crippen LogP contribution < -0.4 is 14.8 Å². The summed E-state index contributed by atoms with van der Waals surface area (Å²) in [7, 11) is 1.39. The number of hydrogen-bond donors (Lipinski definition) is 1.